The maximum Gasteiger partial charge on any atom is 0.0214 e. The molecule has 0 radical (unpaired) electrons. The maximum absolute atomic E-state index is 3.37. The third-order valence-electron chi connectivity index (χ3n) is 2.22. The summed E-state index contributed by atoms with van der Waals surface area (Å²) in [6.07, 6.45) is 1.23. The molecule has 0 fully saturated rings. The molecule has 2 heteroatoms. The molecular weight excluding hydrogens is 136 g/mol. The molecule has 0 aliphatic rings. The highest BCUT2D eigenvalue weighted by molar-refractivity contribution is 4.67. The summed E-state index contributed by atoms with van der Waals surface area (Å²) in [5.74, 6) is 0. The zero-order chi connectivity index (χ0) is 8.69. The van der Waals surface area contributed by atoms with Gasteiger partial charge in [-0.05, 0) is 26.6 Å². The van der Waals surface area contributed by atoms with Gasteiger partial charge in [-0.3, -0.25) is 0 Å². The van der Waals surface area contributed by atoms with Gasteiger partial charge in [0.1, 0.15) is 0 Å². The molecule has 0 aliphatic carbocycles. The van der Waals surface area contributed by atoms with E-state index in [0.717, 1.165) is 19.6 Å². The van der Waals surface area contributed by atoms with Crippen LogP contribution in [0, 0.1) is 0 Å². The minimum atomic E-state index is 0.708. The van der Waals surface area contributed by atoms with Crippen molar-refractivity contribution in [1.82, 2.24) is 10.2 Å². The highest BCUT2D eigenvalue weighted by atomic mass is 15.1. The van der Waals surface area contributed by atoms with Crippen molar-refractivity contribution in [1.29, 1.82) is 0 Å². The van der Waals surface area contributed by atoms with Crippen LogP contribution in [0.25, 0.3) is 0 Å². The Morgan fingerprint density at radius 1 is 1.27 bits per heavy atom. The Kier molecular flexibility index (Phi) is 6.57. The first kappa shape index (κ1) is 10.9. The van der Waals surface area contributed by atoms with Crippen molar-refractivity contribution in [3.63, 3.8) is 0 Å². The first-order chi connectivity index (χ1) is 5.26. The molecule has 0 aliphatic heterocycles. The van der Waals surface area contributed by atoms with Crippen molar-refractivity contribution >= 4 is 0 Å². The van der Waals surface area contributed by atoms with Crippen molar-refractivity contribution in [2.24, 2.45) is 0 Å². The first-order valence-electron chi connectivity index (χ1n) is 4.67. The summed E-state index contributed by atoms with van der Waals surface area (Å²) in [6, 6.07) is 0.708. The van der Waals surface area contributed by atoms with Gasteiger partial charge in [0.2, 0.25) is 0 Å². The molecule has 1 atom stereocenters. The lowest BCUT2D eigenvalue weighted by Gasteiger charge is -2.25. The van der Waals surface area contributed by atoms with Crippen LogP contribution >= 0.6 is 0 Å². The summed E-state index contributed by atoms with van der Waals surface area (Å²) < 4.78 is 0. The van der Waals surface area contributed by atoms with Crippen LogP contribution in [0.4, 0.5) is 0 Å². The Morgan fingerprint density at radius 2 is 1.91 bits per heavy atom. The van der Waals surface area contributed by atoms with Crippen LogP contribution in [0.15, 0.2) is 0 Å². The van der Waals surface area contributed by atoms with Gasteiger partial charge >= 0.3 is 0 Å². The molecular formula is C9H22N2. The average Bonchev–Trinajstić information content (AvgIpc) is 2.05. The molecule has 0 saturated heterocycles. The number of hydrogen-bond acceptors (Lipinski definition) is 2. The summed E-state index contributed by atoms with van der Waals surface area (Å²) in [5, 5.41) is 3.37. The second kappa shape index (κ2) is 6.62. The molecule has 0 spiro atoms. The van der Waals surface area contributed by atoms with E-state index >= 15 is 0 Å². The Balaban J connectivity index is 3.56. The van der Waals surface area contributed by atoms with Gasteiger partial charge in [-0.15, -0.1) is 0 Å². The number of nitrogens with one attached hydrogen (secondary N) is 1. The van der Waals surface area contributed by atoms with Crippen molar-refractivity contribution in [3.05, 3.63) is 0 Å². The van der Waals surface area contributed by atoms with E-state index in [9.17, 15) is 0 Å². The normalized spacial score (nSPS) is 13.9. The van der Waals surface area contributed by atoms with Gasteiger partial charge in [0.25, 0.3) is 0 Å². The molecule has 2 nitrogen and oxygen atoms in total. The predicted molar refractivity (Wildman–Crippen MR) is 50.9 cm³/mol. The fraction of sp³-hybridized carbons (Fsp3) is 1.00. The van der Waals surface area contributed by atoms with E-state index in [-0.39, 0.29) is 0 Å². The molecule has 68 valence electrons. The molecule has 0 aromatic rings. The van der Waals surface area contributed by atoms with Crippen LogP contribution in [0.3, 0.4) is 0 Å². The quantitative estimate of drug-likeness (QED) is 0.627. The zero-order valence-electron chi connectivity index (χ0n) is 8.35. The molecule has 0 bridgehead atoms. The second-order valence-corrected chi connectivity index (χ2v) is 2.94. The Bertz CT molecular complexity index is 83.6. The third-order valence-corrected chi connectivity index (χ3v) is 2.22. The van der Waals surface area contributed by atoms with Crippen LogP contribution in [0.5, 0.6) is 0 Å². The molecule has 0 rings (SSSR count). The van der Waals surface area contributed by atoms with Gasteiger partial charge in [0.05, 0.1) is 0 Å². The number of hydrogen-bond donors (Lipinski definition) is 1. The van der Waals surface area contributed by atoms with Crippen molar-refractivity contribution in [3.8, 4) is 0 Å². The number of nitrogens with zero attached hydrogens (tertiary/aromatic N) is 1. The maximum atomic E-state index is 3.37. The molecule has 0 aromatic carbocycles. The summed E-state index contributed by atoms with van der Waals surface area (Å²) in [6.45, 7) is 9.94. The highest BCUT2D eigenvalue weighted by Gasteiger charge is 2.08. The van der Waals surface area contributed by atoms with E-state index in [2.05, 4.69) is 38.0 Å². The smallest absolute Gasteiger partial charge is 0.0214 e. The topological polar surface area (TPSA) is 15.3 Å². The fourth-order valence-corrected chi connectivity index (χ4v) is 1.18. The zero-order valence-corrected chi connectivity index (χ0v) is 8.35. The molecule has 0 aromatic heterocycles. The van der Waals surface area contributed by atoms with Crippen LogP contribution < -0.4 is 5.32 Å². The summed E-state index contributed by atoms with van der Waals surface area (Å²) >= 11 is 0. The second-order valence-electron chi connectivity index (χ2n) is 2.94. The Labute approximate surface area is 71.0 Å². The molecule has 1 unspecified atom stereocenters. The molecule has 0 amide bonds. The van der Waals surface area contributed by atoms with Gasteiger partial charge < -0.3 is 10.2 Å². The van der Waals surface area contributed by atoms with E-state index in [1.807, 2.05) is 0 Å². The van der Waals surface area contributed by atoms with Crippen molar-refractivity contribution in [2.75, 3.05) is 26.7 Å². The van der Waals surface area contributed by atoms with E-state index in [1.54, 1.807) is 0 Å². The van der Waals surface area contributed by atoms with Gasteiger partial charge in [-0.1, -0.05) is 20.8 Å². The first-order valence-corrected chi connectivity index (χ1v) is 4.67. The predicted octanol–water partition coefficient (Wildman–Crippen LogP) is 1.33. The molecule has 1 N–H and O–H groups in total. The van der Waals surface area contributed by atoms with Crippen LogP contribution in [-0.4, -0.2) is 37.6 Å². The van der Waals surface area contributed by atoms with E-state index < -0.39 is 0 Å². The minimum Gasteiger partial charge on any atom is -0.315 e. The SMILES string of the molecule is CCNCC(CC)N(C)CC. The molecule has 0 saturated carbocycles. The monoisotopic (exact) mass is 158 g/mol. The van der Waals surface area contributed by atoms with Crippen LogP contribution in [0.1, 0.15) is 27.2 Å². The Hall–Kier alpha value is -0.0800. The van der Waals surface area contributed by atoms with E-state index in [1.165, 1.54) is 6.42 Å². The summed E-state index contributed by atoms with van der Waals surface area (Å²) in [7, 11) is 2.19. The molecule has 11 heavy (non-hydrogen) atoms. The lowest BCUT2D eigenvalue weighted by Crippen LogP contribution is -2.39. The number of rotatable bonds is 6. The standard InChI is InChI=1S/C9H22N2/c1-5-9(8-10-6-2)11(4)7-3/h9-10H,5-8H2,1-4H3. The van der Waals surface area contributed by atoms with Gasteiger partial charge in [0.15, 0.2) is 0 Å². The minimum absolute atomic E-state index is 0.708. The summed E-state index contributed by atoms with van der Waals surface area (Å²) in [5.41, 5.74) is 0. The average molecular weight is 158 g/mol. The van der Waals surface area contributed by atoms with Crippen LogP contribution in [0.2, 0.25) is 0 Å². The lowest BCUT2D eigenvalue weighted by atomic mass is 10.2. The highest BCUT2D eigenvalue weighted by Crippen LogP contribution is 1.98. The van der Waals surface area contributed by atoms with Crippen molar-refractivity contribution in [2.45, 2.75) is 33.2 Å². The number of likely N-dealkylation sites (N-methyl/N-ethyl adjacent to an activating group) is 2. The van der Waals surface area contributed by atoms with Crippen LogP contribution in [-0.2, 0) is 0 Å². The van der Waals surface area contributed by atoms with Gasteiger partial charge in [-0.25, -0.2) is 0 Å². The van der Waals surface area contributed by atoms with E-state index in [4.69, 9.17) is 0 Å². The van der Waals surface area contributed by atoms with Gasteiger partial charge in [0, 0.05) is 12.6 Å². The Morgan fingerprint density at radius 3 is 2.27 bits per heavy atom. The summed E-state index contributed by atoms with van der Waals surface area (Å²) in [4.78, 5) is 2.39. The van der Waals surface area contributed by atoms with Crippen molar-refractivity contribution < 1.29 is 0 Å². The lowest BCUT2D eigenvalue weighted by molar-refractivity contribution is 0.241. The fourth-order valence-electron chi connectivity index (χ4n) is 1.18. The van der Waals surface area contributed by atoms with E-state index in [0.29, 0.717) is 6.04 Å². The third kappa shape index (κ3) is 4.38. The molecule has 0 heterocycles. The van der Waals surface area contributed by atoms with Gasteiger partial charge in [-0.2, -0.15) is 0 Å². The largest absolute Gasteiger partial charge is 0.315 e.